The van der Waals surface area contributed by atoms with Crippen molar-refractivity contribution in [2.75, 3.05) is 41.0 Å². The Morgan fingerprint density at radius 2 is 2.00 bits per heavy atom. The Hall–Kier alpha value is -1.50. The van der Waals surface area contributed by atoms with Crippen LogP contribution in [0, 0.1) is 5.41 Å². The first-order chi connectivity index (χ1) is 11.0. The summed E-state index contributed by atoms with van der Waals surface area (Å²) in [5.74, 6) is 0.604. The fraction of sp³-hybridized carbons (Fsp3) is 0.588. The smallest absolute Gasteiger partial charge is 0.231 e. The Balaban J connectivity index is 0.00000288. The second kappa shape index (κ2) is 9.11. The maximum atomic E-state index is 13.0. The van der Waals surface area contributed by atoms with E-state index in [1.54, 1.807) is 31.2 Å². The lowest BCUT2D eigenvalue weighted by Gasteiger charge is -2.38. The normalized spacial score (nSPS) is 16.1. The molecule has 0 atom stereocenters. The number of halogens is 1. The van der Waals surface area contributed by atoms with E-state index in [1.165, 1.54) is 7.11 Å². The van der Waals surface area contributed by atoms with Crippen molar-refractivity contribution in [2.45, 2.75) is 19.4 Å². The Morgan fingerprint density at radius 3 is 2.54 bits per heavy atom. The number of nitrogens with zero attached hydrogens (tertiary/aromatic N) is 1. The van der Waals surface area contributed by atoms with Crippen molar-refractivity contribution in [1.82, 2.24) is 10.2 Å². The lowest BCUT2D eigenvalue weighted by Crippen LogP contribution is -2.50. The van der Waals surface area contributed by atoms with E-state index in [-0.39, 0.29) is 24.1 Å². The SMILES string of the molecule is COCC1(C(=O)N(C)Cc2ccc(OC)c(O)c2)CCNCC1.Cl. The van der Waals surface area contributed by atoms with Gasteiger partial charge < -0.3 is 24.8 Å². The zero-order chi connectivity index (χ0) is 16.9. The minimum atomic E-state index is -0.455. The second-order valence-corrected chi connectivity index (χ2v) is 6.13. The van der Waals surface area contributed by atoms with Crippen LogP contribution in [0.2, 0.25) is 0 Å². The third-order valence-corrected chi connectivity index (χ3v) is 4.44. The topological polar surface area (TPSA) is 71.0 Å². The van der Waals surface area contributed by atoms with Crippen LogP contribution in [0.25, 0.3) is 0 Å². The zero-order valence-electron chi connectivity index (χ0n) is 14.5. The van der Waals surface area contributed by atoms with Gasteiger partial charge in [-0.2, -0.15) is 0 Å². The van der Waals surface area contributed by atoms with E-state index in [0.29, 0.717) is 18.9 Å². The highest BCUT2D eigenvalue weighted by Crippen LogP contribution is 2.32. The second-order valence-electron chi connectivity index (χ2n) is 6.13. The molecule has 0 spiro atoms. The summed E-state index contributed by atoms with van der Waals surface area (Å²) in [5.41, 5.74) is 0.407. The van der Waals surface area contributed by atoms with Crippen molar-refractivity contribution < 1.29 is 19.4 Å². The molecule has 1 saturated heterocycles. The molecule has 0 bridgehead atoms. The molecule has 1 heterocycles. The van der Waals surface area contributed by atoms with Gasteiger partial charge in [-0.15, -0.1) is 12.4 Å². The molecule has 2 rings (SSSR count). The van der Waals surface area contributed by atoms with Gasteiger partial charge in [0.1, 0.15) is 0 Å². The predicted octanol–water partition coefficient (Wildman–Crippen LogP) is 1.80. The van der Waals surface area contributed by atoms with Crippen molar-refractivity contribution in [2.24, 2.45) is 5.41 Å². The summed E-state index contributed by atoms with van der Waals surface area (Å²) in [6.07, 6.45) is 1.55. The Labute approximate surface area is 149 Å². The third kappa shape index (κ3) is 4.53. The van der Waals surface area contributed by atoms with Gasteiger partial charge in [-0.25, -0.2) is 0 Å². The largest absolute Gasteiger partial charge is 0.504 e. The van der Waals surface area contributed by atoms with Crippen LogP contribution in [0.15, 0.2) is 18.2 Å². The number of methoxy groups -OCH3 is 2. The molecular weight excluding hydrogens is 332 g/mol. The van der Waals surface area contributed by atoms with Gasteiger partial charge in [0.05, 0.1) is 19.1 Å². The molecule has 6 nitrogen and oxygen atoms in total. The fourth-order valence-electron chi connectivity index (χ4n) is 3.19. The molecule has 24 heavy (non-hydrogen) atoms. The van der Waals surface area contributed by atoms with Crippen LogP contribution in [0.4, 0.5) is 0 Å². The number of carbonyl (C=O) groups is 1. The monoisotopic (exact) mass is 358 g/mol. The molecular formula is C17H27ClN2O4. The summed E-state index contributed by atoms with van der Waals surface area (Å²) in [5, 5.41) is 13.2. The van der Waals surface area contributed by atoms with Gasteiger partial charge in [0.2, 0.25) is 5.91 Å². The van der Waals surface area contributed by atoms with Gasteiger partial charge >= 0.3 is 0 Å². The number of hydrogen-bond acceptors (Lipinski definition) is 5. The first kappa shape index (κ1) is 20.5. The number of phenolic OH excluding ortho intramolecular Hbond substituents is 1. The van der Waals surface area contributed by atoms with E-state index in [4.69, 9.17) is 9.47 Å². The summed E-state index contributed by atoms with van der Waals surface area (Å²) in [7, 11) is 4.94. The lowest BCUT2D eigenvalue weighted by atomic mass is 9.78. The predicted molar refractivity (Wildman–Crippen MR) is 94.8 cm³/mol. The summed E-state index contributed by atoms with van der Waals surface area (Å²) in [4.78, 5) is 14.7. The zero-order valence-corrected chi connectivity index (χ0v) is 15.3. The average molecular weight is 359 g/mol. The van der Waals surface area contributed by atoms with E-state index in [2.05, 4.69) is 5.32 Å². The van der Waals surface area contributed by atoms with Crippen LogP contribution in [-0.2, 0) is 16.1 Å². The number of ether oxygens (including phenoxy) is 2. The first-order valence-corrected chi connectivity index (χ1v) is 7.83. The van der Waals surface area contributed by atoms with Crippen LogP contribution < -0.4 is 10.1 Å². The minimum absolute atomic E-state index is 0. The van der Waals surface area contributed by atoms with E-state index in [0.717, 1.165) is 31.5 Å². The number of phenols is 1. The third-order valence-electron chi connectivity index (χ3n) is 4.44. The summed E-state index contributed by atoms with van der Waals surface area (Å²) in [6, 6.07) is 5.19. The molecule has 1 aliphatic rings. The molecule has 1 aromatic carbocycles. The molecule has 1 amide bonds. The molecule has 0 aliphatic carbocycles. The van der Waals surface area contributed by atoms with Crippen molar-refractivity contribution in [3.63, 3.8) is 0 Å². The van der Waals surface area contributed by atoms with Crippen LogP contribution in [0.3, 0.4) is 0 Å². The molecule has 1 aliphatic heterocycles. The fourth-order valence-corrected chi connectivity index (χ4v) is 3.19. The van der Waals surface area contributed by atoms with Gasteiger partial charge in [-0.05, 0) is 43.6 Å². The highest BCUT2D eigenvalue weighted by atomic mass is 35.5. The number of benzene rings is 1. The van der Waals surface area contributed by atoms with E-state index >= 15 is 0 Å². The molecule has 0 radical (unpaired) electrons. The van der Waals surface area contributed by atoms with Crippen LogP contribution in [0.1, 0.15) is 18.4 Å². The molecule has 136 valence electrons. The molecule has 2 N–H and O–H groups in total. The molecule has 0 saturated carbocycles. The van der Waals surface area contributed by atoms with Crippen molar-refractivity contribution in [3.8, 4) is 11.5 Å². The van der Waals surface area contributed by atoms with Crippen LogP contribution in [0.5, 0.6) is 11.5 Å². The number of rotatable bonds is 6. The molecule has 1 aromatic rings. The van der Waals surface area contributed by atoms with Crippen molar-refractivity contribution in [1.29, 1.82) is 0 Å². The van der Waals surface area contributed by atoms with E-state index in [9.17, 15) is 9.90 Å². The van der Waals surface area contributed by atoms with E-state index in [1.807, 2.05) is 6.07 Å². The highest BCUT2D eigenvalue weighted by molar-refractivity contribution is 5.85. The van der Waals surface area contributed by atoms with Crippen LogP contribution in [-0.4, -0.2) is 56.9 Å². The van der Waals surface area contributed by atoms with Gasteiger partial charge in [-0.1, -0.05) is 6.07 Å². The summed E-state index contributed by atoms with van der Waals surface area (Å²) >= 11 is 0. The van der Waals surface area contributed by atoms with Gasteiger partial charge in [0.15, 0.2) is 11.5 Å². The number of amides is 1. The Kier molecular flexibility index (Phi) is 7.79. The van der Waals surface area contributed by atoms with Gasteiger partial charge in [-0.3, -0.25) is 4.79 Å². The maximum Gasteiger partial charge on any atom is 0.231 e. The minimum Gasteiger partial charge on any atom is -0.504 e. The van der Waals surface area contributed by atoms with Crippen molar-refractivity contribution in [3.05, 3.63) is 23.8 Å². The number of aromatic hydroxyl groups is 1. The standard InChI is InChI=1S/C17H26N2O4.ClH/c1-19(11-13-4-5-15(23-3)14(20)10-13)16(21)17(12-22-2)6-8-18-9-7-17;/h4-5,10,18,20H,6-9,11-12H2,1-3H3;1H. The maximum absolute atomic E-state index is 13.0. The van der Waals surface area contributed by atoms with Gasteiger partial charge in [0.25, 0.3) is 0 Å². The molecule has 1 fully saturated rings. The Morgan fingerprint density at radius 1 is 1.33 bits per heavy atom. The van der Waals surface area contributed by atoms with Crippen molar-refractivity contribution >= 4 is 18.3 Å². The van der Waals surface area contributed by atoms with Crippen LogP contribution >= 0.6 is 12.4 Å². The lowest BCUT2D eigenvalue weighted by molar-refractivity contribution is -0.146. The number of nitrogens with one attached hydrogen (secondary N) is 1. The highest BCUT2D eigenvalue weighted by Gasteiger charge is 2.41. The molecule has 7 heteroatoms. The first-order valence-electron chi connectivity index (χ1n) is 7.83. The summed E-state index contributed by atoms with van der Waals surface area (Å²) < 4.78 is 10.4. The van der Waals surface area contributed by atoms with E-state index < -0.39 is 5.41 Å². The average Bonchev–Trinajstić information content (AvgIpc) is 2.55. The Bertz CT molecular complexity index is 542. The molecule has 0 unspecified atom stereocenters. The van der Waals surface area contributed by atoms with Gasteiger partial charge in [0, 0.05) is 20.7 Å². The number of carbonyl (C=O) groups excluding carboxylic acids is 1. The number of piperidine rings is 1. The number of hydrogen-bond donors (Lipinski definition) is 2. The summed E-state index contributed by atoms with van der Waals surface area (Å²) in [6.45, 7) is 2.53. The quantitative estimate of drug-likeness (QED) is 0.811. The molecule has 0 aromatic heterocycles.